The van der Waals surface area contributed by atoms with Crippen molar-refractivity contribution in [2.75, 3.05) is 13.1 Å². The number of pyridine rings is 1. The SMILES string of the molecule is C=C(/C(=C\C(=C/N)C(F)(F)F)c1cc(=O)c2ccccc2[nH]1)N1CCC(F)(F)CC1. The third-order valence-electron chi connectivity index (χ3n) is 5.02. The van der Waals surface area contributed by atoms with Gasteiger partial charge in [-0.2, -0.15) is 13.2 Å². The zero-order chi connectivity index (χ0) is 22.1. The smallest absolute Gasteiger partial charge is 0.404 e. The zero-order valence-corrected chi connectivity index (χ0v) is 15.9. The number of allylic oxidation sites excluding steroid dienone is 3. The van der Waals surface area contributed by atoms with Crippen LogP contribution in [0.1, 0.15) is 18.5 Å². The minimum atomic E-state index is -4.74. The van der Waals surface area contributed by atoms with Crippen molar-refractivity contribution in [1.82, 2.24) is 9.88 Å². The predicted octanol–water partition coefficient (Wildman–Crippen LogP) is 4.56. The lowest BCUT2D eigenvalue weighted by molar-refractivity contribution is -0.0883. The summed E-state index contributed by atoms with van der Waals surface area (Å²) in [4.78, 5) is 16.9. The molecule has 3 N–H and O–H groups in total. The number of hydrogen-bond donors (Lipinski definition) is 2. The van der Waals surface area contributed by atoms with E-state index in [0.29, 0.717) is 17.1 Å². The van der Waals surface area contributed by atoms with Crippen LogP contribution in [-0.2, 0) is 0 Å². The van der Waals surface area contributed by atoms with E-state index in [2.05, 4.69) is 11.6 Å². The Hall–Kier alpha value is -3.10. The van der Waals surface area contributed by atoms with Gasteiger partial charge in [-0.25, -0.2) is 8.78 Å². The number of para-hydroxylation sites is 1. The number of H-pyrrole nitrogens is 1. The van der Waals surface area contributed by atoms with Gasteiger partial charge in [0.25, 0.3) is 5.92 Å². The Morgan fingerprint density at radius 1 is 1.20 bits per heavy atom. The standard InChI is InChI=1S/C21H20F5N3O/c1-13(29-8-6-20(22,23)7-9-29)16(10-14(12-27)21(24,25)26)18-11-19(30)15-4-2-3-5-17(15)28-18/h2-5,10-12H,1,6-9,27H2,(H,28,30)/b14-12+,16-10+. The van der Waals surface area contributed by atoms with E-state index in [1.54, 1.807) is 24.3 Å². The highest BCUT2D eigenvalue weighted by Crippen LogP contribution is 2.35. The normalized spacial score (nSPS) is 18.0. The van der Waals surface area contributed by atoms with E-state index in [1.807, 2.05) is 0 Å². The van der Waals surface area contributed by atoms with Crippen LogP contribution in [0.5, 0.6) is 0 Å². The molecule has 1 aliphatic heterocycles. The van der Waals surface area contributed by atoms with Gasteiger partial charge in [-0.3, -0.25) is 4.79 Å². The van der Waals surface area contributed by atoms with E-state index < -0.39 is 35.9 Å². The van der Waals surface area contributed by atoms with Gasteiger partial charge in [-0.05, 0) is 18.2 Å². The minimum absolute atomic E-state index is 0.0444. The summed E-state index contributed by atoms with van der Waals surface area (Å²) in [5, 5.41) is 0.370. The zero-order valence-electron chi connectivity index (χ0n) is 15.9. The van der Waals surface area contributed by atoms with Crippen LogP contribution in [0.2, 0.25) is 0 Å². The number of halogens is 5. The topological polar surface area (TPSA) is 62.1 Å². The molecule has 0 unspecified atom stereocenters. The molecule has 1 aromatic heterocycles. The molecule has 1 saturated heterocycles. The maximum Gasteiger partial charge on any atom is 0.417 e. The Bertz CT molecular complexity index is 1070. The summed E-state index contributed by atoms with van der Waals surface area (Å²) in [5.41, 5.74) is 4.21. The molecule has 2 heterocycles. The van der Waals surface area contributed by atoms with Gasteiger partial charge >= 0.3 is 6.18 Å². The van der Waals surface area contributed by atoms with Crippen LogP contribution in [-0.4, -0.2) is 35.1 Å². The molecule has 1 aromatic carbocycles. The Kier molecular flexibility index (Phi) is 5.74. The molecule has 1 aliphatic rings. The van der Waals surface area contributed by atoms with Gasteiger partial charge in [0.2, 0.25) is 0 Å². The third-order valence-corrected chi connectivity index (χ3v) is 5.02. The number of fused-ring (bicyclic) bond motifs is 1. The summed E-state index contributed by atoms with van der Waals surface area (Å²) >= 11 is 0. The monoisotopic (exact) mass is 425 g/mol. The van der Waals surface area contributed by atoms with Gasteiger partial charge < -0.3 is 15.6 Å². The van der Waals surface area contributed by atoms with E-state index in [0.717, 1.165) is 6.08 Å². The van der Waals surface area contributed by atoms with E-state index in [9.17, 15) is 26.7 Å². The largest absolute Gasteiger partial charge is 0.417 e. The molecule has 0 aliphatic carbocycles. The first-order valence-corrected chi connectivity index (χ1v) is 9.17. The molecule has 160 valence electrons. The number of likely N-dealkylation sites (tertiary alicyclic amines) is 1. The van der Waals surface area contributed by atoms with Crippen LogP contribution < -0.4 is 11.2 Å². The lowest BCUT2D eigenvalue weighted by Gasteiger charge is -2.35. The van der Waals surface area contributed by atoms with Crippen molar-refractivity contribution >= 4 is 16.5 Å². The summed E-state index contributed by atoms with van der Waals surface area (Å²) < 4.78 is 67.0. The summed E-state index contributed by atoms with van der Waals surface area (Å²) in [6.07, 6.45) is -4.43. The molecule has 0 spiro atoms. The summed E-state index contributed by atoms with van der Waals surface area (Å²) in [6, 6.07) is 7.71. The van der Waals surface area contributed by atoms with Crippen LogP contribution in [0.4, 0.5) is 22.0 Å². The number of benzene rings is 1. The second kappa shape index (κ2) is 7.97. The molecule has 0 radical (unpaired) electrons. The molecular formula is C21H20F5N3O. The number of aromatic amines is 1. The summed E-state index contributed by atoms with van der Waals surface area (Å²) in [7, 11) is 0. The lowest BCUT2D eigenvalue weighted by atomic mass is 10.00. The van der Waals surface area contributed by atoms with Gasteiger partial charge in [0.05, 0.1) is 11.3 Å². The molecule has 1 fully saturated rings. The molecule has 2 aromatic rings. The van der Waals surface area contributed by atoms with Crippen LogP contribution in [0.3, 0.4) is 0 Å². The molecule has 0 saturated carbocycles. The second-order valence-corrected chi connectivity index (χ2v) is 7.06. The number of nitrogens with one attached hydrogen (secondary N) is 1. The third kappa shape index (κ3) is 4.55. The molecule has 9 heteroatoms. The first-order chi connectivity index (χ1) is 14.0. The van der Waals surface area contributed by atoms with Gasteiger partial charge in [0.15, 0.2) is 5.43 Å². The number of alkyl halides is 5. The molecule has 0 amide bonds. The van der Waals surface area contributed by atoms with Gasteiger partial charge in [0.1, 0.15) is 0 Å². The predicted molar refractivity (Wildman–Crippen MR) is 106 cm³/mol. The van der Waals surface area contributed by atoms with Gasteiger partial charge in [0, 0.05) is 60.4 Å². The number of nitrogens with two attached hydrogens (primary N) is 1. The molecule has 4 nitrogen and oxygen atoms in total. The molecule has 0 bridgehead atoms. The molecule has 30 heavy (non-hydrogen) atoms. The van der Waals surface area contributed by atoms with Crippen LogP contribution in [0.15, 0.2) is 65.3 Å². The van der Waals surface area contributed by atoms with Crippen molar-refractivity contribution in [1.29, 1.82) is 0 Å². The van der Waals surface area contributed by atoms with Crippen molar-refractivity contribution in [2.24, 2.45) is 5.73 Å². The first kappa shape index (κ1) is 21.6. The van der Waals surface area contributed by atoms with Crippen molar-refractivity contribution in [2.45, 2.75) is 24.9 Å². The quantitative estimate of drug-likeness (QED) is 0.558. The maximum absolute atomic E-state index is 13.5. The molecule has 0 atom stereocenters. The summed E-state index contributed by atoms with van der Waals surface area (Å²) in [6.45, 7) is 3.69. The second-order valence-electron chi connectivity index (χ2n) is 7.06. The Balaban J connectivity index is 2.11. The molecular weight excluding hydrogens is 405 g/mol. The average molecular weight is 425 g/mol. The number of aromatic nitrogens is 1. The minimum Gasteiger partial charge on any atom is -0.404 e. The number of nitrogens with zero attached hydrogens (tertiary/aromatic N) is 1. The lowest BCUT2D eigenvalue weighted by Crippen LogP contribution is -2.38. The van der Waals surface area contributed by atoms with Crippen molar-refractivity contribution in [3.8, 4) is 0 Å². The highest BCUT2D eigenvalue weighted by Gasteiger charge is 2.36. The summed E-state index contributed by atoms with van der Waals surface area (Å²) in [5.74, 6) is -2.83. The van der Waals surface area contributed by atoms with Crippen molar-refractivity contribution in [3.05, 3.63) is 76.4 Å². The fourth-order valence-corrected chi connectivity index (χ4v) is 3.31. The van der Waals surface area contributed by atoms with E-state index in [-0.39, 0.29) is 30.1 Å². The van der Waals surface area contributed by atoms with E-state index >= 15 is 0 Å². The van der Waals surface area contributed by atoms with Crippen LogP contribution in [0.25, 0.3) is 16.5 Å². The number of rotatable bonds is 4. The average Bonchev–Trinajstić information content (AvgIpc) is 2.67. The first-order valence-electron chi connectivity index (χ1n) is 9.17. The Morgan fingerprint density at radius 3 is 2.43 bits per heavy atom. The Labute approximate surface area is 169 Å². The van der Waals surface area contributed by atoms with Crippen molar-refractivity contribution in [3.63, 3.8) is 0 Å². The van der Waals surface area contributed by atoms with Gasteiger partial charge in [-0.1, -0.05) is 18.7 Å². The fraction of sp³-hybridized carbons (Fsp3) is 0.286. The highest BCUT2D eigenvalue weighted by molar-refractivity contribution is 5.84. The van der Waals surface area contributed by atoms with E-state index in [4.69, 9.17) is 5.73 Å². The van der Waals surface area contributed by atoms with Crippen molar-refractivity contribution < 1.29 is 22.0 Å². The number of hydrogen-bond acceptors (Lipinski definition) is 3. The number of piperidine rings is 1. The van der Waals surface area contributed by atoms with E-state index in [1.165, 1.54) is 11.0 Å². The van der Waals surface area contributed by atoms with Crippen LogP contribution in [0, 0.1) is 0 Å². The maximum atomic E-state index is 13.5. The Morgan fingerprint density at radius 2 is 1.83 bits per heavy atom. The molecule has 3 rings (SSSR count). The highest BCUT2D eigenvalue weighted by atomic mass is 19.4. The fourth-order valence-electron chi connectivity index (χ4n) is 3.31. The van der Waals surface area contributed by atoms with Gasteiger partial charge in [-0.15, -0.1) is 0 Å². The van der Waals surface area contributed by atoms with Crippen LogP contribution >= 0.6 is 0 Å².